The molecule has 1 amide bonds. The molecule has 2 heterocycles. The van der Waals surface area contributed by atoms with Crippen LogP contribution in [0.5, 0.6) is 0 Å². The van der Waals surface area contributed by atoms with E-state index < -0.39 is 11.2 Å². The minimum Gasteiger partial charge on any atom is -0.346 e. The van der Waals surface area contributed by atoms with Crippen LogP contribution in [0.15, 0.2) is 25.8 Å². The van der Waals surface area contributed by atoms with E-state index in [1.54, 1.807) is 6.21 Å². The quantitative estimate of drug-likeness (QED) is 0.443. The molecule has 0 saturated heterocycles. The highest BCUT2D eigenvalue weighted by atomic mass is 32.2. The lowest BCUT2D eigenvalue weighted by Crippen LogP contribution is -2.39. The third-order valence-electron chi connectivity index (χ3n) is 4.06. The third kappa shape index (κ3) is 4.57. The van der Waals surface area contributed by atoms with Crippen molar-refractivity contribution in [2.24, 2.45) is 19.2 Å². The lowest BCUT2D eigenvalue weighted by molar-refractivity contribution is -0.118. The van der Waals surface area contributed by atoms with Gasteiger partial charge in [-0.15, -0.1) is 0 Å². The van der Waals surface area contributed by atoms with E-state index in [1.165, 1.54) is 14.1 Å². The molecule has 0 aliphatic carbocycles. The Morgan fingerprint density at radius 2 is 2.00 bits per heavy atom. The summed E-state index contributed by atoms with van der Waals surface area (Å²) in [6, 6.07) is 2.35. The number of aryl methyl sites for hydroxylation is 2. The predicted molar refractivity (Wildman–Crippen MR) is 105 cm³/mol. The minimum atomic E-state index is -0.527. The molecule has 9 nitrogen and oxygen atoms in total. The van der Waals surface area contributed by atoms with Crippen molar-refractivity contribution in [3.05, 3.63) is 43.9 Å². The van der Waals surface area contributed by atoms with Crippen molar-refractivity contribution >= 4 is 23.9 Å². The summed E-state index contributed by atoms with van der Waals surface area (Å²) in [5, 5.41) is 7.96. The van der Waals surface area contributed by atoms with E-state index in [-0.39, 0.29) is 16.7 Å². The SMILES string of the molecule is Cc1cc(/C=N\NC(=O)CSc2nn(C)c(=O)n(C)c2=O)c(C)n1C(C)C. The van der Waals surface area contributed by atoms with E-state index in [0.29, 0.717) is 6.04 Å². The second-order valence-electron chi connectivity index (χ2n) is 6.45. The maximum Gasteiger partial charge on any atom is 0.346 e. The average molecular weight is 392 g/mol. The molecule has 27 heavy (non-hydrogen) atoms. The first-order chi connectivity index (χ1) is 12.6. The Balaban J connectivity index is 2.00. The van der Waals surface area contributed by atoms with Gasteiger partial charge in [0.1, 0.15) is 0 Å². The number of rotatable bonds is 6. The molecule has 146 valence electrons. The van der Waals surface area contributed by atoms with Crippen molar-refractivity contribution in [3.8, 4) is 0 Å². The van der Waals surface area contributed by atoms with Crippen LogP contribution in [0.25, 0.3) is 0 Å². The Hall–Kier alpha value is -2.62. The van der Waals surface area contributed by atoms with Crippen LogP contribution in [0.2, 0.25) is 0 Å². The van der Waals surface area contributed by atoms with Crippen LogP contribution in [0, 0.1) is 13.8 Å². The smallest absolute Gasteiger partial charge is 0.346 e. The number of thioether (sulfide) groups is 1. The first-order valence-electron chi connectivity index (χ1n) is 8.41. The number of hydrazone groups is 1. The maximum atomic E-state index is 12.0. The summed E-state index contributed by atoms with van der Waals surface area (Å²) < 4.78 is 4.21. The van der Waals surface area contributed by atoms with Gasteiger partial charge >= 0.3 is 5.69 Å². The van der Waals surface area contributed by atoms with Crippen LogP contribution >= 0.6 is 11.8 Å². The van der Waals surface area contributed by atoms with Gasteiger partial charge in [0, 0.05) is 37.1 Å². The summed E-state index contributed by atoms with van der Waals surface area (Å²) in [4.78, 5) is 35.6. The van der Waals surface area contributed by atoms with Crippen LogP contribution in [-0.2, 0) is 18.9 Å². The summed E-state index contributed by atoms with van der Waals surface area (Å²) in [5.41, 5.74) is 4.54. The number of amides is 1. The van der Waals surface area contributed by atoms with Gasteiger partial charge in [-0.3, -0.25) is 14.2 Å². The highest BCUT2D eigenvalue weighted by molar-refractivity contribution is 7.99. The number of hydrogen-bond acceptors (Lipinski definition) is 6. The van der Waals surface area contributed by atoms with E-state index in [9.17, 15) is 14.4 Å². The molecule has 1 N–H and O–H groups in total. The van der Waals surface area contributed by atoms with Crippen molar-refractivity contribution in [2.75, 3.05) is 5.75 Å². The second kappa shape index (κ2) is 8.38. The summed E-state index contributed by atoms with van der Waals surface area (Å²) in [6.45, 7) is 8.25. The summed E-state index contributed by atoms with van der Waals surface area (Å²) in [7, 11) is 2.82. The summed E-state index contributed by atoms with van der Waals surface area (Å²) in [5.74, 6) is -0.408. The Morgan fingerprint density at radius 3 is 2.59 bits per heavy atom. The van der Waals surface area contributed by atoms with Crippen molar-refractivity contribution in [1.29, 1.82) is 0 Å². The van der Waals surface area contributed by atoms with E-state index in [0.717, 1.165) is 38.0 Å². The first kappa shape index (κ1) is 20.7. The molecule has 2 aromatic rings. The molecule has 0 fully saturated rings. The molecule has 10 heteroatoms. The van der Waals surface area contributed by atoms with Gasteiger partial charge in [0.05, 0.1) is 12.0 Å². The standard InChI is InChI=1S/C17H24N6O3S/c1-10(2)23-11(3)7-13(12(23)4)8-18-19-14(24)9-27-15-16(25)21(5)17(26)22(6)20-15/h7-8,10H,9H2,1-6H3,(H,19,24)/b18-8-. The molecule has 0 aliphatic rings. The van der Waals surface area contributed by atoms with Gasteiger partial charge in [-0.1, -0.05) is 11.8 Å². The summed E-state index contributed by atoms with van der Waals surface area (Å²) >= 11 is 0.958. The number of nitrogens with one attached hydrogen (secondary N) is 1. The van der Waals surface area contributed by atoms with Gasteiger partial charge in [0.25, 0.3) is 5.56 Å². The van der Waals surface area contributed by atoms with Crippen LogP contribution in [0.3, 0.4) is 0 Å². The molecule has 0 spiro atoms. The number of aromatic nitrogens is 4. The minimum absolute atomic E-state index is 0.0389. The van der Waals surface area contributed by atoms with Gasteiger partial charge in [-0.05, 0) is 33.8 Å². The largest absolute Gasteiger partial charge is 0.346 e. The van der Waals surface area contributed by atoms with Gasteiger partial charge in [-0.2, -0.15) is 10.2 Å². The van der Waals surface area contributed by atoms with Crippen molar-refractivity contribution < 1.29 is 4.79 Å². The molecule has 2 aromatic heterocycles. The highest BCUT2D eigenvalue weighted by Gasteiger charge is 2.12. The predicted octanol–water partition coefficient (Wildman–Crippen LogP) is 0.721. The lowest BCUT2D eigenvalue weighted by atomic mass is 10.2. The first-order valence-corrected chi connectivity index (χ1v) is 9.39. The molecule has 2 rings (SSSR count). The fourth-order valence-corrected chi connectivity index (χ4v) is 3.60. The topological polar surface area (TPSA) is 103 Å². The number of nitrogens with zero attached hydrogens (tertiary/aromatic N) is 5. The van der Waals surface area contributed by atoms with Crippen LogP contribution in [0.4, 0.5) is 0 Å². The molecule has 0 aromatic carbocycles. The van der Waals surface area contributed by atoms with Crippen LogP contribution in [-0.4, -0.2) is 36.8 Å². The van der Waals surface area contributed by atoms with E-state index in [2.05, 4.69) is 34.0 Å². The Bertz CT molecular complexity index is 999. The van der Waals surface area contributed by atoms with Gasteiger partial charge in [0.15, 0.2) is 5.03 Å². The average Bonchev–Trinajstić information content (AvgIpc) is 2.88. The molecule has 0 radical (unpaired) electrons. The molecule has 0 unspecified atom stereocenters. The zero-order valence-corrected chi connectivity index (χ0v) is 17.1. The molecule has 0 aliphatic heterocycles. The van der Waals surface area contributed by atoms with Crippen molar-refractivity contribution in [3.63, 3.8) is 0 Å². The normalized spacial score (nSPS) is 11.5. The van der Waals surface area contributed by atoms with E-state index >= 15 is 0 Å². The van der Waals surface area contributed by atoms with Crippen LogP contribution in [0.1, 0.15) is 36.8 Å². The van der Waals surface area contributed by atoms with Gasteiger partial charge in [0.2, 0.25) is 5.91 Å². The fraction of sp³-hybridized carbons (Fsp3) is 0.471. The molecule has 0 bridgehead atoms. The molecular weight excluding hydrogens is 368 g/mol. The van der Waals surface area contributed by atoms with Gasteiger partial charge in [-0.25, -0.2) is 14.9 Å². The number of hydrogen-bond donors (Lipinski definition) is 1. The lowest BCUT2D eigenvalue weighted by Gasteiger charge is -2.13. The molecule has 0 atom stereocenters. The third-order valence-corrected chi connectivity index (χ3v) is 5.00. The Morgan fingerprint density at radius 1 is 1.33 bits per heavy atom. The fourth-order valence-electron chi connectivity index (χ4n) is 2.83. The highest BCUT2D eigenvalue weighted by Crippen LogP contribution is 2.18. The molecule has 0 saturated carbocycles. The number of carbonyl (C=O) groups is 1. The zero-order valence-electron chi connectivity index (χ0n) is 16.3. The van der Waals surface area contributed by atoms with E-state index in [4.69, 9.17) is 0 Å². The van der Waals surface area contributed by atoms with Crippen molar-refractivity contribution in [1.82, 2.24) is 24.3 Å². The Labute approximate surface area is 161 Å². The van der Waals surface area contributed by atoms with Gasteiger partial charge < -0.3 is 4.57 Å². The zero-order chi connectivity index (χ0) is 20.3. The van der Waals surface area contributed by atoms with Crippen molar-refractivity contribution in [2.45, 2.75) is 38.8 Å². The van der Waals surface area contributed by atoms with Crippen LogP contribution < -0.4 is 16.7 Å². The Kier molecular flexibility index (Phi) is 6.42. The second-order valence-corrected chi connectivity index (χ2v) is 7.41. The summed E-state index contributed by atoms with van der Waals surface area (Å²) in [6.07, 6.45) is 1.60. The molecular formula is C17H24N6O3S. The van der Waals surface area contributed by atoms with E-state index in [1.807, 2.05) is 19.9 Å². The monoisotopic (exact) mass is 392 g/mol. The maximum absolute atomic E-state index is 12.0. The number of carbonyl (C=O) groups excluding carboxylic acids is 1.